The molecule has 2 rings (SSSR count). The number of aryl methyl sites for hydroxylation is 3. The molecule has 2 N–H and O–H groups in total. The highest BCUT2D eigenvalue weighted by Gasteiger charge is 2.21. The first-order valence-electron chi connectivity index (χ1n) is 8.93. The number of nitrogens with one attached hydrogen (secondary N) is 2. The number of carbonyl (C=O) groups is 2. The Labute approximate surface area is 176 Å². The Kier molecular flexibility index (Phi) is 7.47. The summed E-state index contributed by atoms with van der Waals surface area (Å²) in [6.45, 7) is 7.74. The van der Waals surface area contributed by atoms with E-state index in [-0.39, 0.29) is 23.4 Å². The first kappa shape index (κ1) is 22.2. The predicted molar refractivity (Wildman–Crippen MR) is 116 cm³/mol. The van der Waals surface area contributed by atoms with Crippen LogP contribution in [0.2, 0.25) is 10.0 Å². The van der Waals surface area contributed by atoms with Crippen molar-refractivity contribution in [2.45, 2.75) is 33.7 Å². The van der Waals surface area contributed by atoms with Gasteiger partial charge >= 0.3 is 0 Å². The fraction of sp³-hybridized carbons (Fsp3) is 0.333. The zero-order valence-electron chi connectivity index (χ0n) is 16.7. The largest absolute Gasteiger partial charge is 0.324 e. The summed E-state index contributed by atoms with van der Waals surface area (Å²) in [6.07, 6.45) is 0. The van der Waals surface area contributed by atoms with Crippen LogP contribution in [0.1, 0.15) is 23.6 Å². The molecule has 28 heavy (non-hydrogen) atoms. The van der Waals surface area contributed by atoms with E-state index in [2.05, 4.69) is 10.6 Å². The molecule has 0 aliphatic rings. The van der Waals surface area contributed by atoms with Gasteiger partial charge in [-0.2, -0.15) is 0 Å². The highest BCUT2D eigenvalue weighted by atomic mass is 35.5. The summed E-state index contributed by atoms with van der Waals surface area (Å²) in [5.41, 5.74) is 4.42. The van der Waals surface area contributed by atoms with Gasteiger partial charge in [-0.3, -0.25) is 14.5 Å². The second kappa shape index (κ2) is 9.41. The molecule has 5 nitrogen and oxygen atoms in total. The molecule has 0 aliphatic heterocycles. The molecule has 0 radical (unpaired) electrons. The lowest BCUT2D eigenvalue weighted by molar-refractivity contribution is -0.122. The molecule has 2 aromatic carbocycles. The van der Waals surface area contributed by atoms with E-state index in [0.29, 0.717) is 10.7 Å². The van der Waals surface area contributed by atoms with Crippen LogP contribution < -0.4 is 10.6 Å². The molecule has 1 unspecified atom stereocenters. The molecule has 1 atom stereocenters. The van der Waals surface area contributed by atoms with E-state index >= 15 is 0 Å². The highest BCUT2D eigenvalue weighted by Crippen LogP contribution is 2.29. The Balaban J connectivity index is 1.99. The average molecular weight is 422 g/mol. The zero-order valence-corrected chi connectivity index (χ0v) is 18.2. The molecular weight excluding hydrogens is 397 g/mol. The van der Waals surface area contributed by atoms with Gasteiger partial charge in [-0.05, 0) is 58.0 Å². The van der Waals surface area contributed by atoms with Crippen molar-refractivity contribution in [3.63, 3.8) is 0 Å². The SMILES string of the molecule is Cc1cc(C)c(NC(=O)CN(C)C(C)C(=O)Nc2cccc(Cl)c2Cl)c(C)c1. The van der Waals surface area contributed by atoms with Gasteiger partial charge in [0.05, 0.1) is 28.3 Å². The van der Waals surface area contributed by atoms with Crippen molar-refractivity contribution in [2.24, 2.45) is 0 Å². The molecule has 2 amide bonds. The average Bonchev–Trinajstić information content (AvgIpc) is 2.61. The number of halogens is 2. The van der Waals surface area contributed by atoms with Crippen molar-refractivity contribution in [3.8, 4) is 0 Å². The van der Waals surface area contributed by atoms with Crippen LogP contribution in [0.25, 0.3) is 0 Å². The summed E-state index contributed by atoms with van der Waals surface area (Å²) in [5.74, 6) is -0.458. The van der Waals surface area contributed by atoms with Crippen molar-refractivity contribution in [1.82, 2.24) is 4.90 Å². The van der Waals surface area contributed by atoms with Crippen molar-refractivity contribution in [2.75, 3.05) is 24.2 Å². The van der Waals surface area contributed by atoms with Gasteiger partial charge in [-0.15, -0.1) is 0 Å². The lowest BCUT2D eigenvalue weighted by Crippen LogP contribution is -2.43. The molecule has 0 spiro atoms. The minimum Gasteiger partial charge on any atom is -0.324 e. The minimum absolute atomic E-state index is 0.0740. The predicted octanol–water partition coefficient (Wildman–Crippen LogP) is 4.82. The van der Waals surface area contributed by atoms with Crippen LogP contribution in [0.4, 0.5) is 11.4 Å². The highest BCUT2D eigenvalue weighted by molar-refractivity contribution is 6.44. The summed E-state index contributed by atoms with van der Waals surface area (Å²) in [5, 5.41) is 6.35. The Morgan fingerprint density at radius 2 is 1.68 bits per heavy atom. The zero-order chi connectivity index (χ0) is 21.0. The second-order valence-electron chi connectivity index (χ2n) is 7.00. The van der Waals surface area contributed by atoms with Crippen LogP contribution in [0.3, 0.4) is 0 Å². The third kappa shape index (κ3) is 5.47. The minimum atomic E-state index is -0.541. The third-order valence-corrected chi connectivity index (χ3v) is 5.40. The summed E-state index contributed by atoms with van der Waals surface area (Å²) in [7, 11) is 1.72. The number of hydrogen-bond acceptors (Lipinski definition) is 3. The quantitative estimate of drug-likeness (QED) is 0.702. The van der Waals surface area contributed by atoms with Crippen LogP contribution in [0.5, 0.6) is 0 Å². The lowest BCUT2D eigenvalue weighted by Gasteiger charge is -2.24. The first-order chi connectivity index (χ1) is 13.1. The maximum absolute atomic E-state index is 12.5. The third-order valence-electron chi connectivity index (χ3n) is 4.58. The van der Waals surface area contributed by atoms with Crippen LogP contribution in [-0.4, -0.2) is 36.3 Å². The van der Waals surface area contributed by atoms with Crippen LogP contribution in [0, 0.1) is 20.8 Å². The number of rotatable bonds is 6. The van der Waals surface area contributed by atoms with Crippen LogP contribution in [-0.2, 0) is 9.59 Å². The fourth-order valence-electron chi connectivity index (χ4n) is 2.96. The molecule has 0 fully saturated rings. The van der Waals surface area contributed by atoms with Gasteiger partial charge in [0, 0.05) is 5.69 Å². The molecule has 0 saturated carbocycles. The van der Waals surface area contributed by atoms with E-state index in [1.54, 1.807) is 37.1 Å². The lowest BCUT2D eigenvalue weighted by atomic mass is 10.1. The number of hydrogen-bond donors (Lipinski definition) is 2. The molecule has 0 saturated heterocycles. The van der Waals surface area contributed by atoms with Gasteiger partial charge < -0.3 is 10.6 Å². The van der Waals surface area contributed by atoms with Crippen molar-refractivity contribution >= 4 is 46.4 Å². The molecule has 0 heterocycles. The summed E-state index contributed by atoms with van der Waals surface area (Å²) in [6, 6.07) is 8.54. The normalized spacial score (nSPS) is 12.0. The summed E-state index contributed by atoms with van der Waals surface area (Å²) >= 11 is 12.1. The number of likely N-dealkylation sites (N-methyl/N-ethyl adjacent to an activating group) is 1. The molecule has 0 aromatic heterocycles. The smallest absolute Gasteiger partial charge is 0.241 e. The molecule has 2 aromatic rings. The van der Waals surface area contributed by atoms with E-state index in [1.165, 1.54) is 0 Å². The van der Waals surface area contributed by atoms with E-state index in [1.807, 2.05) is 32.9 Å². The van der Waals surface area contributed by atoms with Gasteiger partial charge in [0.25, 0.3) is 0 Å². The van der Waals surface area contributed by atoms with Crippen molar-refractivity contribution in [1.29, 1.82) is 0 Å². The van der Waals surface area contributed by atoms with Gasteiger partial charge in [-0.25, -0.2) is 0 Å². The van der Waals surface area contributed by atoms with Gasteiger partial charge in [0.1, 0.15) is 0 Å². The van der Waals surface area contributed by atoms with Gasteiger partial charge in [-0.1, -0.05) is 47.0 Å². The van der Waals surface area contributed by atoms with Crippen molar-refractivity contribution in [3.05, 3.63) is 57.1 Å². The van der Waals surface area contributed by atoms with Crippen LogP contribution >= 0.6 is 23.2 Å². The Hall–Kier alpha value is -2.08. The van der Waals surface area contributed by atoms with Crippen molar-refractivity contribution < 1.29 is 9.59 Å². The van der Waals surface area contributed by atoms with E-state index in [9.17, 15) is 9.59 Å². The standard InChI is InChI=1S/C21H25Cl2N3O2/c1-12-9-13(2)20(14(3)10-12)25-18(27)11-26(5)15(4)21(28)24-17-8-6-7-16(22)19(17)23/h6-10,15H,11H2,1-5H3,(H,24,28)(H,25,27). The van der Waals surface area contributed by atoms with E-state index in [4.69, 9.17) is 23.2 Å². The topological polar surface area (TPSA) is 61.4 Å². The molecule has 0 aliphatic carbocycles. The molecule has 7 heteroatoms. The van der Waals surface area contributed by atoms with Gasteiger partial charge in [0.15, 0.2) is 0 Å². The molecule has 0 bridgehead atoms. The monoisotopic (exact) mass is 421 g/mol. The maximum atomic E-state index is 12.5. The number of anilines is 2. The van der Waals surface area contributed by atoms with Crippen LogP contribution in [0.15, 0.2) is 30.3 Å². The molecule has 150 valence electrons. The van der Waals surface area contributed by atoms with Gasteiger partial charge in [0.2, 0.25) is 11.8 Å². The summed E-state index contributed by atoms with van der Waals surface area (Å²) < 4.78 is 0. The second-order valence-corrected chi connectivity index (χ2v) is 7.79. The number of carbonyl (C=O) groups excluding carboxylic acids is 2. The molecular formula is C21H25Cl2N3O2. The summed E-state index contributed by atoms with van der Waals surface area (Å²) in [4.78, 5) is 26.7. The number of amides is 2. The first-order valence-corrected chi connectivity index (χ1v) is 9.68. The maximum Gasteiger partial charge on any atom is 0.241 e. The van der Waals surface area contributed by atoms with E-state index < -0.39 is 6.04 Å². The Morgan fingerprint density at radius 1 is 1.07 bits per heavy atom. The number of nitrogens with zero attached hydrogens (tertiary/aromatic N) is 1. The Bertz CT molecular complexity index is 876. The van der Waals surface area contributed by atoms with E-state index in [0.717, 1.165) is 22.4 Å². The number of benzene rings is 2. The Morgan fingerprint density at radius 3 is 2.29 bits per heavy atom. The fourth-order valence-corrected chi connectivity index (χ4v) is 3.31.